The number of hydrogen-bond acceptors (Lipinski definition) is 2. The highest BCUT2D eigenvalue weighted by atomic mass is 16.2. The van der Waals surface area contributed by atoms with E-state index in [1.54, 1.807) is 0 Å². The Kier molecular flexibility index (Phi) is 4.31. The van der Waals surface area contributed by atoms with E-state index < -0.39 is 0 Å². The van der Waals surface area contributed by atoms with E-state index in [2.05, 4.69) is 12.1 Å². The van der Waals surface area contributed by atoms with Gasteiger partial charge in [-0.15, -0.1) is 0 Å². The Morgan fingerprint density at radius 1 is 1.13 bits per heavy atom. The summed E-state index contributed by atoms with van der Waals surface area (Å²) in [5.74, 6) is 0.306. The summed E-state index contributed by atoms with van der Waals surface area (Å²) < 4.78 is 0. The molecule has 2 rings (SSSR count). The van der Waals surface area contributed by atoms with Crippen LogP contribution in [-0.4, -0.2) is 17.4 Å². The molecule has 0 spiro atoms. The van der Waals surface area contributed by atoms with Gasteiger partial charge in [0.05, 0.1) is 0 Å². The number of benzene rings is 1. The van der Waals surface area contributed by atoms with Crippen molar-refractivity contribution in [1.29, 1.82) is 0 Å². The summed E-state index contributed by atoms with van der Waals surface area (Å²) in [6.07, 6.45) is 2.94. The fourth-order valence-corrected chi connectivity index (χ4v) is 1.83. The topological polar surface area (TPSA) is 55.3 Å². The van der Waals surface area contributed by atoms with E-state index in [9.17, 15) is 4.79 Å². The van der Waals surface area contributed by atoms with Crippen molar-refractivity contribution in [2.45, 2.75) is 25.8 Å². The maximum absolute atomic E-state index is 11.5. The molecule has 3 heteroatoms. The van der Waals surface area contributed by atoms with Crippen LogP contribution in [-0.2, 0) is 11.3 Å². The molecule has 0 saturated carbocycles. The summed E-state index contributed by atoms with van der Waals surface area (Å²) in [6.45, 7) is 1.70. The number of amides is 1. The zero-order valence-corrected chi connectivity index (χ0v) is 8.98. The molecular formula is C12H18N2O. The van der Waals surface area contributed by atoms with Crippen LogP contribution in [0.25, 0.3) is 0 Å². The van der Waals surface area contributed by atoms with Gasteiger partial charge >= 0.3 is 0 Å². The van der Waals surface area contributed by atoms with Crippen LogP contribution in [0.15, 0.2) is 30.3 Å². The van der Waals surface area contributed by atoms with Gasteiger partial charge in [-0.3, -0.25) is 4.79 Å². The quantitative estimate of drug-likeness (QED) is 0.807. The molecule has 0 bridgehead atoms. The first-order valence-electron chi connectivity index (χ1n) is 5.18. The molecule has 0 aromatic heterocycles. The van der Waals surface area contributed by atoms with Crippen molar-refractivity contribution >= 4 is 5.91 Å². The van der Waals surface area contributed by atoms with Gasteiger partial charge in [-0.05, 0) is 18.4 Å². The van der Waals surface area contributed by atoms with Gasteiger partial charge in [-0.1, -0.05) is 30.3 Å². The van der Waals surface area contributed by atoms with Crippen LogP contribution in [0.3, 0.4) is 0 Å². The highest BCUT2D eigenvalue weighted by molar-refractivity contribution is 5.76. The van der Waals surface area contributed by atoms with Gasteiger partial charge < -0.3 is 11.1 Å². The molecule has 0 radical (unpaired) electrons. The second kappa shape index (κ2) is 5.51. The van der Waals surface area contributed by atoms with Crippen molar-refractivity contribution in [3.05, 3.63) is 35.9 Å². The van der Waals surface area contributed by atoms with Gasteiger partial charge in [-0.2, -0.15) is 0 Å². The van der Waals surface area contributed by atoms with Crippen LogP contribution in [0.5, 0.6) is 0 Å². The van der Waals surface area contributed by atoms with Gasteiger partial charge in [0.15, 0.2) is 0 Å². The van der Waals surface area contributed by atoms with Crippen LogP contribution < -0.4 is 6.15 Å². The molecule has 3 nitrogen and oxygen atoms in total. The lowest BCUT2D eigenvalue weighted by Gasteiger charge is -2.26. The Labute approximate surface area is 90.7 Å². The molecule has 82 valence electrons. The summed E-state index contributed by atoms with van der Waals surface area (Å²) >= 11 is 0. The van der Waals surface area contributed by atoms with E-state index >= 15 is 0 Å². The maximum Gasteiger partial charge on any atom is 0.222 e. The Hall–Kier alpha value is -1.35. The number of carbonyl (C=O) groups excluding carboxylic acids is 1. The number of likely N-dealkylation sites (tertiary alicyclic amines) is 1. The van der Waals surface area contributed by atoms with Crippen molar-refractivity contribution in [2.75, 3.05) is 6.54 Å². The molecule has 1 aromatic rings. The predicted molar refractivity (Wildman–Crippen MR) is 60.7 cm³/mol. The van der Waals surface area contributed by atoms with Gasteiger partial charge in [0.2, 0.25) is 5.91 Å². The first-order chi connectivity index (χ1) is 6.86. The van der Waals surface area contributed by atoms with E-state index in [0.29, 0.717) is 5.91 Å². The predicted octanol–water partition coefficient (Wildman–Crippen LogP) is 2.36. The lowest BCUT2D eigenvalue weighted by molar-refractivity contribution is -0.133. The van der Waals surface area contributed by atoms with Gasteiger partial charge in [0.1, 0.15) is 0 Å². The largest absolute Gasteiger partial charge is 0.344 e. The van der Waals surface area contributed by atoms with Crippen LogP contribution >= 0.6 is 0 Å². The molecule has 1 amide bonds. The summed E-state index contributed by atoms with van der Waals surface area (Å²) in [5.41, 5.74) is 1.22. The second-order valence-corrected chi connectivity index (χ2v) is 3.76. The molecule has 1 fully saturated rings. The Morgan fingerprint density at radius 3 is 2.53 bits per heavy atom. The maximum atomic E-state index is 11.5. The molecular weight excluding hydrogens is 188 g/mol. The highest BCUT2D eigenvalue weighted by Gasteiger charge is 2.17. The average molecular weight is 206 g/mol. The van der Waals surface area contributed by atoms with Crippen molar-refractivity contribution in [3.8, 4) is 0 Å². The van der Waals surface area contributed by atoms with E-state index in [0.717, 1.165) is 32.4 Å². The molecule has 0 aliphatic carbocycles. The van der Waals surface area contributed by atoms with Crippen LogP contribution in [0.4, 0.5) is 0 Å². The van der Waals surface area contributed by atoms with E-state index in [1.807, 2.05) is 23.1 Å². The molecule has 1 aliphatic rings. The number of nitrogens with zero attached hydrogens (tertiary/aromatic N) is 1. The zero-order chi connectivity index (χ0) is 9.80. The fourth-order valence-electron chi connectivity index (χ4n) is 1.83. The fraction of sp³-hybridized carbons (Fsp3) is 0.417. The SMILES string of the molecule is N.O=C1CCCCN1Cc1ccccc1. The minimum atomic E-state index is 0. The molecule has 1 heterocycles. The minimum absolute atomic E-state index is 0. The number of rotatable bonds is 2. The molecule has 0 unspecified atom stereocenters. The van der Waals surface area contributed by atoms with Crippen molar-refractivity contribution in [3.63, 3.8) is 0 Å². The Balaban J connectivity index is 0.00000112. The third-order valence-corrected chi connectivity index (χ3v) is 2.64. The average Bonchev–Trinajstić information content (AvgIpc) is 2.23. The van der Waals surface area contributed by atoms with Gasteiger partial charge in [0.25, 0.3) is 0 Å². The van der Waals surface area contributed by atoms with Crippen molar-refractivity contribution < 1.29 is 4.79 Å². The Bertz CT molecular complexity index is 311. The van der Waals surface area contributed by atoms with Crippen molar-refractivity contribution in [1.82, 2.24) is 11.1 Å². The van der Waals surface area contributed by atoms with Crippen LogP contribution in [0.1, 0.15) is 24.8 Å². The van der Waals surface area contributed by atoms with E-state index in [4.69, 9.17) is 0 Å². The lowest BCUT2D eigenvalue weighted by atomic mass is 10.1. The summed E-state index contributed by atoms with van der Waals surface area (Å²) in [7, 11) is 0. The van der Waals surface area contributed by atoms with Crippen molar-refractivity contribution in [2.24, 2.45) is 0 Å². The molecule has 3 N–H and O–H groups in total. The lowest BCUT2D eigenvalue weighted by Crippen LogP contribution is -2.34. The molecule has 1 aromatic carbocycles. The zero-order valence-electron chi connectivity index (χ0n) is 8.98. The number of carbonyl (C=O) groups is 1. The third-order valence-electron chi connectivity index (χ3n) is 2.64. The van der Waals surface area contributed by atoms with E-state index in [1.165, 1.54) is 5.56 Å². The molecule has 1 aliphatic heterocycles. The number of hydrogen-bond donors (Lipinski definition) is 1. The first-order valence-corrected chi connectivity index (χ1v) is 5.18. The smallest absolute Gasteiger partial charge is 0.222 e. The summed E-state index contributed by atoms with van der Waals surface area (Å²) in [4.78, 5) is 13.5. The standard InChI is InChI=1S/C12H15NO.H3N/c14-12-8-4-5-9-13(12)10-11-6-2-1-3-7-11;/h1-3,6-7H,4-5,8-10H2;1H3. The third kappa shape index (κ3) is 3.06. The Morgan fingerprint density at radius 2 is 1.87 bits per heavy atom. The van der Waals surface area contributed by atoms with Crippen LogP contribution in [0.2, 0.25) is 0 Å². The first kappa shape index (κ1) is 11.7. The monoisotopic (exact) mass is 206 g/mol. The van der Waals surface area contributed by atoms with E-state index in [-0.39, 0.29) is 6.15 Å². The molecule has 0 atom stereocenters. The second-order valence-electron chi connectivity index (χ2n) is 3.76. The summed E-state index contributed by atoms with van der Waals surface area (Å²) in [5, 5.41) is 0. The minimum Gasteiger partial charge on any atom is -0.344 e. The van der Waals surface area contributed by atoms with Gasteiger partial charge in [-0.25, -0.2) is 0 Å². The normalized spacial score (nSPS) is 16.0. The number of piperidine rings is 1. The summed E-state index contributed by atoms with van der Waals surface area (Å²) in [6, 6.07) is 10.2. The molecule has 1 saturated heterocycles. The highest BCUT2D eigenvalue weighted by Crippen LogP contribution is 2.13. The van der Waals surface area contributed by atoms with Crippen LogP contribution in [0, 0.1) is 0 Å². The van der Waals surface area contributed by atoms with Gasteiger partial charge in [0, 0.05) is 19.5 Å². The molecule has 15 heavy (non-hydrogen) atoms.